The van der Waals surface area contributed by atoms with E-state index in [1.165, 1.54) is 37.3 Å². The molecule has 2 aromatic carbocycles. The van der Waals surface area contributed by atoms with E-state index in [-0.39, 0.29) is 17.5 Å². The molecule has 0 fully saturated rings. The fourth-order valence-corrected chi connectivity index (χ4v) is 3.77. The van der Waals surface area contributed by atoms with Crippen molar-refractivity contribution in [3.05, 3.63) is 70.4 Å². The van der Waals surface area contributed by atoms with E-state index in [1.54, 1.807) is 24.3 Å². The first-order valence-corrected chi connectivity index (χ1v) is 9.93. The van der Waals surface area contributed by atoms with Crippen molar-refractivity contribution >= 4 is 39.1 Å². The molecule has 0 aliphatic rings. The average Bonchev–Trinajstić information content (AvgIpc) is 3.11. The molecule has 0 saturated heterocycles. The standard InChI is InChI=1S/C22H20FNO4S/c1-13(21(26)16-5-3-15(4-6-16)9-10-24-14(2)25)28-22(27)20-12-17-11-18(23)7-8-19(17)29-20/h3-8,11-13H,9-10H2,1-2H3,(H,24,25)/t13-/m1/s1. The molecule has 5 nitrogen and oxygen atoms in total. The summed E-state index contributed by atoms with van der Waals surface area (Å²) in [6.45, 7) is 3.51. The summed E-state index contributed by atoms with van der Waals surface area (Å²) < 4.78 is 19.4. The van der Waals surface area contributed by atoms with Crippen LogP contribution in [0.5, 0.6) is 0 Å². The molecule has 150 valence electrons. The molecule has 0 unspecified atom stereocenters. The summed E-state index contributed by atoms with van der Waals surface area (Å²) in [5.41, 5.74) is 1.42. The molecule has 1 amide bonds. The van der Waals surface area contributed by atoms with Crippen LogP contribution in [0, 0.1) is 5.82 Å². The predicted molar refractivity (Wildman–Crippen MR) is 110 cm³/mol. The fourth-order valence-electron chi connectivity index (χ4n) is 2.84. The molecule has 1 heterocycles. The van der Waals surface area contributed by atoms with Crippen molar-refractivity contribution < 1.29 is 23.5 Å². The lowest BCUT2D eigenvalue weighted by molar-refractivity contribution is -0.118. The summed E-state index contributed by atoms with van der Waals surface area (Å²) in [6.07, 6.45) is -0.292. The summed E-state index contributed by atoms with van der Waals surface area (Å²) in [7, 11) is 0. The number of esters is 1. The van der Waals surface area contributed by atoms with Gasteiger partial charge in [0.05, 0.1) is 0 Å². The Bertz CT molecular complexity index is 1060. The third-order valence-electron chi connectivity index (χ3n) is 4.36. The highest BCUT2D eigenvalue weighted by Crippen LogP contribution is 2.27. The minimum absolute atomic E-state index is 0.0868. The minimum Gasteiger partial charge on any atom is -0.450 e. The molecule has 3 rings (SSSR count). The van der Waals surface area contributed by atoms with Gasteiger partial charge in [-0.15, -0.1) is 11.3 Å². The zero-order valence-corrected chi connectivity index (χ0v) is 16.8. The van der Waals surface area contributed by atoms with E-state index >= 15 is 0 Å². The Hall–Kier alpha value is -3.06. The average molecular weight is 413 g/mol. The summed E-state index contributed by atoms with van der Waals surface area (Å²) >= 11 is 1.19. The first kappa shape index (κ1) is 20.7. The molecular formula is C22H20FNO4S. The topological polar surface area (TPSA) is 72.5 Å². The molecule has 29 heavy (non-hydrogen) atoms. The molecule has 3 aromatic rings. The quantitative estimate of drug-likeness (QED) is 0.467. The van der Waals surface area contributed by atoms with Gasteiger partial charge in [0, 0.05) is 23.7 Å². The molecule has 0 bridgehead atoms. The van der Waals surface area contributed by atoms with Gasteiger partial charge in [0.2, 0.25) is 11.7 Å². The molecule has 0 radical (unpaired) electrons. The minimum atomic E-state index is -0.949. The number of amides is 1. The van der Waals surface area contributed by atoms with E-state index in [9.17, 15) is 18.8 Å². The Kier molecular flexibility index (Phi) is 6.39. The van der Waals surface area contributed by atoms with E-state index in [2.05, 4.69) is 5.32 Å². The summed E-state index contributed by atoms with van der Waals surface area (Å²) in [5, 5.41) is 3.34. The zero-order valence-electron chi connectivity index (χ0n) is 16.0. The molecule has 0 saturated carbocycles. The zero-order chi connectivity index (χ0) is 21.0. The SMILES string of the molecule is CC(=O)NCCc1ccc(C(=O)[C@@H](C)OC(=O)c2cc3cc(F)ccc3s2)cc1. The van der Waals surface area contributed by atoms with Crippen LogP contribution in [0.1, 0.15) is 39.4 Å². The van der Waals surface area contributed by atoms with Gasteiger partial charge in [0.1, 0.15) is 10.7 Å². The second kappa shape index (κ2) is 8.96. The molecule has 1 N–H and O–H groups in total. The number of thiophene rings is 1. The van der Waals surface area contributed by atoms with Crippen LogP contribution in [-0.2, 0) is 16.0 Å². The number of Topliss-reactive ketones (excluding diaryl/α,β-unsaturated/α-hetero) is 1. The molecule has 0 spiro atoms. The van der Waals surface area contributed by atoms with Gasteiger partial charge in [-0.2, -0.15) is 0 Å². The Morgan fingerprint density at radius 3 is 2.52 bits per heavy atom. The second-order valence-corrected chi connectivity index (χ2v) is 7.72. The molecule has 7 heteroatoms. The first-order valence-electron chi connectivity index (χ1n) is 9.11. The van der Waals surface area contributed by atoms with Crippen LogP contribution in [0.3, 0.4) is 0 Å². The van der Waals surface area contributed by atoms with Crippen LogP contribution in [0.2, 0.25) is 0 Å². The Balaban J connectivity index is 1.61. The van der Waals surface area contributed by atoms with Gasteiger partial charge < -0.3 is 10.1 Å². The number of ether oxygens (including phenoxy) is 1. The van der Waals surface area contributed by atoms with Crippen LogP contribution in [0.15, 0.2) is 48.5 Å². The van der Waals surface area contributed by atoms with Crippen LogP contribution < -0.4 is 5.32 Å². The maximum atomic E-state index is 13.3. The highest BCUT2D eigenvalue weighted by molar-refractivity contribution is 7.20. The number of fused-ring (bicyclic) bond motifs is 1. The Morgan fingerprint density at radius 1 is 1.10 bits per heavy atom. The van der Waals surface area contributed by atoms with E-state index in [0.717, 1.165) is 10.3 Å². The number of hydrogen-bond acceptors (Lipinski definition) is 5. The van der Waals surface area contributed by atoms with Gasteiger partial charge in [0.15, 0.2) is 6.10 Å². The van der Waals surface area contributed by atoms with Crippen molar-refractivity contribution in [3.8, 4) is 0 Å². The Labute approximate surface area is 171 Å². The number of carbonyl (C=O) groups excluding carboxylic acids is 3. The summed E-state index contributed by atoms with van der Waals surface area (Å²) in [4.78, 5) is 36.2. The maximum absolute atomic E-state index is 13.3. The lowest BCUT2D eigenvalue weighted by atomic mass is 10.0. The van der Waals surface area contributed by atoms with Gasteiger partial charge in [-0.3, -0.25) is 9.59 Å². The summed E-state index contributed by atoms with van der Waals surface area (Å²) in [5.74, 6) is -1.38. The highest BCUT2D eigenvalue weighted by atomic mass is 32.1. The third-order valence-corrected chi connectivity index (χ3v) is 5.45. The molecular weight excluding hydrogens is 393 g/mol. The van der Waals surface area contributed by atoms with E-state index in [4.69, 9.17) is 4.74 Å². The van der Waals surface area contributed by atoms with Gasteiger partial charge in [0.25, 0.3) is 0 Å². The van der Waals surface area contributed by atoms with Crippen molar-refractivity contribution in [2.24, 2.45) is 0 Å². The van der Waals surface area contributed by atoms with Crippen molar-refractivity contribution in [2.45, 2.75) is 26.4 Å². The first-order chi connectivity index (χ1) is 13.8. The molecule has 0 aliphatic heterocycles. The van der Waals surface area contributed by atoms with Crippen LogP contribution in [0.25, 0.3) is 10.1 Å². The van der Waals surface area contributed by atoms with Gasteiger partial charge in [-0.25, -0.2) is 9.18 Å². The Morgan fingerprint density at radius 2 is 1.83 bits per heavy atom. The second-order valence-electron chi connectivity index (χ2n) is 6.63. The highest BCUT2D eigenvalue weighted by Gasteiger charge is 2.21. The number of ketones is 1. The van der Waals surface area contributed by atoms with Crippen LogP contribution in [-0.4, -0.2) is 30.3 Å². The van der Waals surface area contributed by atoms with E-state index < -0.39 is 12.1 Å². The smallest absolute Gasteiger partial charge is 0.349 e. The monoisotopic (exact) mass is 413 g/mol. The number of halogens is 1. The van der Waals surface area contributed by atoms with Crippen LogP contribution in [0.4, 0.5) is 4.39 Å². The van der Waals surface area contributed by atoms with Crippen molar-refractivity contribution in [2.75, 3.05) is 6.54 Å². The number of hydrogen-bond donors (Lipinski definition) is 1. The lowest BCUT2D eigenvalue weighted by Crippen LogP contribution is -2.24. The normalized spacial score (nSPS) is 11.8. The predicted octanol–water partition coefficient (Wildman–Crippen LogP) is 4.15. The fraction of sp³-hybridized carbons (Fsp3) is 0.227. The van der Waals surface area contributed by atoms with Crippen molar-refractivity contribution in [1.29, 1.82) is 0 Å². The number of rotatable bonds is 7. The van der Waals surface area contributed by atoms with Gasteiger partial charge in [-0.1, -0.05) is 24.3 Å². The summed E-state index contributed by atoms with van der Waals surface area (Å²) in [6, 6.07) is 12.8. The molecule has 1 atom stereocenters. The van der Waals surface area contributed by atoms with Gasteiger partial charge >= 0.3 is 5.97 Å². The van der Waals surface area contributed by atoms with Crippen LogP contribution >= 0.6 is 11.3 Å². The molecule has 0 aliphatic carbocycles. The number of nitrogens with one attached hydrogen (secondary N) is 1. The van der Waals surface area contributed by atoms with E-state index in [1.807, 2.05) is 12.1 Å². The van der Waals surface area contributed by atoms with Crippen molar-refractivity contribution in [3.63, 3.8) is 0 Å². The molecule has 1 aromatic heterocycles. The number of benzene rings is 2. The van der Waals surface area contributed by atoms with Crippen molar-refractivity contribution in [1.82, 2.24) is 5.32 Å². The van der Waals surface area contributed by atoms with Gasteiger partial charge in [-0.05, 0) is 48.6 Å². The third kappa shape index (κ3) is 5.26. The van der Waals surface area contributed by atoms with E-state index in [0.29, 0.717) is 28.8 Å². The lowest BCUT2D eigenvalue weighted by Gasteiger charge is -2.12. The maximum Gasteiger partial charge on any atom is 0.349 e. The number of carbonyl (C=O) groups is 3. The largest absolute Gasteiger partial charge is 0.450 e.